The van der Waals surface area contributed by atoms with Crippen LogP contribution in [0.15, 0.2) is 35.9 Å². The molecule has 0 N–H and O–H groups in total. The van der Waals surface area contributed by atoms with Crippen LogP contribution in [0, 0.1) is 0 Å². The molecule has 6 heteroatoms. The van der Waals surface area contributed by atoms with E-state index in [0.29, 0.717) is 38.4 Å². The van der Waals surface area contributed by atoms with Crippen LogP contribution in [0.3, 0.4) is 0 Å². The summed E-state index contributed by atoms with van der Waals surface area (Å²) in [6, 6.07) is 7.29. The van der Waals surface area contributed by atoms with E-state index in [1.165, 1.54) is 5.57 Å². The van der Waals surface area contributed by atoms with Gasteiger partial charge in [-0.1, -0.05) is 29.8 Å². The molecule has 0 aromatic heterocycles. The van der Waals surface area contributed by atoms with Gasteiger partial charge in [-0.3, -0.25) is 4.79 Å². The highest BCUT2D eigenvalue weighted by atomic mass is 35.5. The molecule has 0 saturated heterocycles. The normalized spacial score (nSPS) is 10.3. The maximum Gasteiger partial charge on any atom is 0.338 e. The number of esters is 2. The number of allylic oxidation sites excluding steroid dienone is 1. The Bertz CT molecular complexity index is 594. The van der Waals surface area contributed by atoms with Crippen molar-refractivity contribution in [3.05, 3.63) is 47.0 Å². The molecule has 0 amide bonds. The van der Waals surface area contributed by atoms with Crippen LogP contribution < -0.4 is 0 Å². The summed E-state index contributed by atoms with van der Waals surface area (Å²) < 4.78 is 15.8. The molecule has 0 radical (unpaired) electrons. The monoisotopic (exact) mass is 382 g/mol. The lowest BCUT2D eigenvalue weighted by molar-refractivity contribution is -0.140. The summed E-state index contributed by atoms with van der Waals surface area (Å²) in [6.07, 6.45) is 4.22. The minimum Gasteiger partial charge on any atom is -0.465 e. The molecule has 0 bridgehead atoms. The number of hydrogen-bond acceptors (Lipinski definition) is 5. The summed E-state index contributed by atoms with van der Waals surface area (Å²) in [6.45, 7) is 5.56. The summed E-state index contributed by atoms with van der Waals surface area (Å²) in [5.41, 5.74) is 2.53. The zero-order valence-corrected chi connectivity index (χ0v) is 16.2. The van der Waals surface area contributed by atoms with E-state index in [0.717, 1.165) is 18.4 Å². The highest BCUT2D eigenvalue weighted by molar-refractivity contribution is 6.26. The number of carbonyl (C=O) groups is 2. The SMILES string of the molecule is CC(C)=CCOCc1ccccc1C(=O)OCCCCCOC(=O)CCl. The van der Waals surface area contributed by atoms with Crippen LogP contribution in [-0.2, 0) is 25.6 Å². The number of unbranched alkanes of at least 4 members (excludes halogenated alkanes) is 2. The molecule has 0 aliphatic rings. The van der Waals surface area contributed by atoms with Gasteiger partial charge in [-0.15, -0.1) is 11.6 Å². The van der Waals surface area contributed by atoms with E-state index in [-0.39, 0.29) is 11.8 Å². The van der Waals surface area contributed by atoms with Crippen LogP contribution in [0.4, 0.5) is 0 Å². The number of benzene rings is 1. The van der Waals surface area contributed by atoms with Crippen LogP contribution >= 0.6 is 11.6 Å². The van der Waals surface area contributed by atoms with Crippen LogP contribution in [-0.4, -0.2) is 37.6 Å². The van der Waals surface area contributed by atoms with E-state index in [2.05, 4.69) is 0 Å². The van der Waals surface area contributed by atoms with Crippen LogP contribution in [0.5, 0.6) is 0 Å². The van der Waals surface area contributed by atoms with Gasteiger partial charge in [0.15, 0.2) is 0 Å². The third-order valence-corrected chi connectivity index (χ3v) is 3.72. The van der Waals surface area contributed by atoms with Gasteiger partial charge in [0.1, 0.15) is 5.88 Å². The smallest absolute Gasteiger partial charge is 0.338 e. The number of halogens is 1. The van der Waals surface area contributed by atoms with E-state index < -0.39 is 5.97 Å². The van der Waals surface area contributed by atoms with E-state index in [1.807, 2.05) is 32.1 Å². The molecule has 0 aliphatic carbocycles. The van der Waals surface area contributed by atoms with Gasteiger partial charge in [-0.2, -0.15) is 0 Å². The summed E-state index contributed by atoms with van der Waals surface area (Å²) in [4.78, 5) is 23.1. The largest absolute Gasteiger partial charge is 0.465 e. The van der Waals surface area contributed by atoms with Gasteiger partial charge >= 0.3 is 11.9 Å². The van der Waals surface area contributed by atoms with Crippen molar-refractivity contribution in [3.63, 3.8) is 0 Å². The Hall–Kier alpha value is -1.85. The fraction of sp³-hybridized carbons (Fsp3) is 0.500. The van der Waals surface area contributed by atoms with Crippen molar-refractivity contribution < 1.29 is 23.8 Å². The van der Waals surface area contributed by atoms with Gasteiger partial charge < -0.3 is 14.2 Å². The zero-order valence-electron chi connectivity index (χ0n) is 15.5. The quantitative estimate of drug-likeness (QED) is 0.234. The van der Waals surface area contributed by atoms with E-state index in [9.17, 15) is 9.59 Å². The Morgan fingerprint density at radius 2 is 1.73 bits per heavy atom. The van der Waals surface area contributed by atoms with Crippen molar-refractivity contribution in [2.24, 2.45) is 0 Å². The fourth-order valence-electron chi connectivity index (χ4n) is 2.09. The number of rotatable bonds is 12. The number of alkyl halides is 1. The first-order valence-corrected chi connectivity index (χ1v) is 9.25. The summed E-state index contributed by atoms with van der Waals surface area (Å²) >= 11 is 5.33. The predicted octanol–water partition coefficient (Wildman–Crippen LogP) is 4.28. The predicted molar refractivity (Wildman–Crippen MR) is 101 cm³/mol. The first kappa shape index (κ1) is 22.2. The maximum atomic E-state index is 12.2. The topological polar surface area (TPSA) is 61.8 Å². The molecule has 5 nitrogen and oxygen atoms in total. The third-order valence-electron chi connectivity index (χ3n) is 3.50. The van der Waals surface area contributed by atoms with Gasteiger partial charge in [0.2, 0.25) is 0 Å². The maximum absolute atomic E-state index is 12.2. The average molecular weight is 383 g/mol. The summed E-state index contributed by atoms with van der Waals surface area (Å²) in [7, 11) is 0. The number of hydrogen-bond donors (Lipinski definition) is 0. The lowest BCUT2D eigenvalue weighted by atomic mass is 10.1. The Kier molecular flexibility index (Phi) is 11.4. The van der Waals surface area contributed by atoms with Crippen molar-refractivity contribution in [2.75, 3.05) is 25.7 Å². The van der Waals surface area contributed by atoms with Crippen molar-refractivity contribution in [2.45, 2.75) is 39.7 Å². The third kappa shape index (κ3) is 9.59. The Balaban J connectivity index is 2.31. The van der Waals surface area contributed by atoms with Crippen molar-refractivity contribution >= 4 is 23.5 Å². The van der Waals surface area contributed by atoms with Gasteiger partial charge in [0, 0.05) is 0 Å². The van der Waals surface area contributed by atoms with Crippen molar-refractivity contribution in [1.29, 1.82) is 0 Å². The molecule has 0 spiro atoms. The molecule has 1 aromatic carbocycles. The summed E-state index contributed by atoms with van der Waals surface area (Å²) in [5.74, 6) is -0.892. The second-order valence-electron chi connectivity index (χ2n) is 6.00. The van der Waals surface area contributed by atoms with E-state index in [1.54, 1.807) is 12.1 Å². The van der Waals surface area contributed by atoms with Crippen LogP contribution in [0.2, 0.25) is 0 Å². The molecule has 0 saturated carbocycles. The van der Waals surface area contributed by atoms with E-state index >= 15 is 0 Å². The van der Waals surface area contributed by atoms with E-state index in [4.69, 9.17) is 25.8 Å². The molecule has 0 unspecified atom stereocenters. The Labute approximate surface area is 160 Å². The fourth-order valence-corrected chi connectivity index (χ4v) is 2.17. The Morgan fingerprint density at radius 3 is 2.42 bits per heavy atom. The Morgan fingerprint density at radius 1 is 1.04 bits per heavy atom. The molecule has 1 rings (SSSR count). The van der Waals surface area contributed by atoms with Gasteiger partial charge in [0.25, 0.3) is 0 Å². The lowest BCUT2D eigenvalue weighted by Crippen LogP contribution is -2.11. The molecule has 0 heterocycles. The highest BCUT2D eigenvalue weighted by Gasteiger charge is 2.12. The van der Waals surface area contributed by atoms with Gasteiger partial charge in [-0.05, 0) is 44.7 Å². The van der Waals surface area contributed by atoms with Crippen molar-refractivity contribution in [1.82, 2.24) is 0 Å². The lowest BCUT2D eigenvalue weighted by Gasteiger charge is -2.10. The molecule has 0 fully saturated rings. The average Bonchev–Trinajstić information content (AvgIpc) is 2.64. The summed E-state index contributed by atoms with van der Waals surface area (Å²) in [5, 5.41) is 0. The molecule has 0 aliphatic heterocycles. The molecule has 26 heavy (non-hydrogen) atoms. The minimum absolute atomic E-state index is 0.130. The first-order chi connectivity index (χ1) is 12.5. The van der Waals surface area contributed by atoms with Gasteiger partial charge in [0.05, 0.1) is 32.0 Å². The van der Waals surface area contributed by atoms with Gasteiger partial charge in [-0.25, -0.2) is 4.79 Å². The second kappa shape index (κ2) is 13.4. The minimum atomic E-state index is -0.415. The molecular formula is C20H27ClO5. The van der Waals surface area contributed by atoms with Crippen molar-refractivity contribution in [3.8, 4) is 0 Å². The van der Waals surface area contributed by atoms with Crippen LogP contribution in [0.1, 0.15) is 49.0 Å². The molecule has 0 atom stereocenters. The number of ether oxygens (including phenoxy) is 3. The first-order valence-electron chi connectivity index (χ1n) is 8.72. The zero-order chi connectivity index (χ0) is 19.2. The molecule has 1 aromatic rings. The standard InChI is InChI=1S/C20H27ClO5/c1-16(2)10-13-24-15-17-8-4-5-9-18(17)20(23)26-12-7-3-6-11-25-19(22)14-21/h4-5,8-10H,3,6-7,11-15H2,1-2H3. The second-order valence-corrected chi connectivity index (χ2v) is 6.27. The highest BCUT2D eigenvalue weighted by Crippen LogP contribution is 2.12. The molecule has 144 valence electrons. The molecular weight excluding hydrogens is 356 g/mol. The number of carbonyl (C=O) groups excluding carboxylic acids is 2. The van der Waals surface area contributed by atoms with Crippen LogP contribution in [0.25, 0.3) is 0 Å².